The molecule has 1 aromatic carbocycles. The number of rotatable bonds is 5. The molecule has 0 saturated heterocycles. The van der Waals surface area contributed by atoms with Crippen LogP contribution in [0.3, 0.4) is 0 Å². The zero-order chi connectivity index (χ0) is 18.2. The van der Waals surface area contributed by atoms with Crippen LogP contribution in [0.2, 0.25) is 0 Å². The van der Waals surface area contributed by atoms with Gasteiger partial charge in [0.2, 0.25) is 5.91 Å². The lowest BCUT2D eigenvalue weighted by Crippen LogP contribution is -2.30. The van der Waals surface area contributed by atoms with Gasteiger partial charge in [0.15, 0.2) is 0 Å². The molecule has 0 N–H and O–H groups in total. The summed E-state index contributed by atoms with van der Waals surface area (Å²) in [7, 11) is 0. The molecular formula is C21H19N3OS2. The van der Waals surface area contributed by atoms with Crippen molar-refractivity contribution in [2.75, 3.05) is 17.2 Å². The zero-order valence-electron chi connectivity index (χ0n) is 14.8. The van der Waals surface area contributed by atoms with Crippen LogP contribution in [0.15, 0.2) is 53.0 Å². The Morgan fingerprint density at radius 2 is 2.07 bits per heavy atom. The molecule has 1 saturated carbocycles. The van der Waals surface area contributed by atoms with Gasteiger partial charge >= 0.3 is 0 Å². The molecule has 0 bridgehead atoms. The van der Waals surface area contributed by atoms with Crippen LogP contribution in [0.25, 0.3) is 11.3 Å². The first-order valence-corrected chi connectivity index (χ1v) is 11.1. The molecule has 5 rings (SSSR count). The molecule has 3 heterocycles. The van der Waals surface area contributed by atoms with Crippen molar-refractivity contribution in [2.24, 2.45) is 0 Å². The Kier molecular flexibility index (Phi) is 4.45. The predicted molar refractivity (Wildman–Crippen MR) is 111 cm³/mol. The quantitative estimate of drug-likeness (QED) is 0.586. The van der Waals surface area contributed by atoms with E-state index in [9.17, 15) is 4.79 Å². The highest BCUT2D eigenvalue weighted by molar-refractivity contribution is 8.00. The van der Waals surface area contributed by atoms with Crippen molar-refractivity contribution in [3.05, 3.63) is 58.7 Å². The number of pyridine rings is 1. The lowest BCUT2D eigenvalue weighted by molar-refractivity contribution is -0.116. The van der Waals surface area contributed by atoms with E-state index in [1.165, 1.54) is 23.4 Å². The minimum atomic E-state index is 0.160. The number of benzene rings is 1. The molecule has 27 heavy (non-hydrogen) atoms. The third kappa shape index (κ3) is 3.51. The van der Waals surface area contributed by atoms with Gasteiger partial charge in [-0.05, 0) is 49.1 Å². The number of carbonyl (C=O) groups is 1. The summed E-state index contributed by atoms with van der Waals surface area (Å²) >= 11 is 3.34. The van der Waals surface area contributed by atoms with Crippen molar-refractivity contribution >= 4 is 34.7 Å². The van der Waals surface area contributed by atoms with Gasteiger partial charge in [-0.25, -0.2) is 4.98 Å². The molecule has 1 aliphatic carbocycles. The second kappa shape index (κ2) is 7.09. The summed E-state index contributed by atoms with van der Waals surface area (Å²) in [5, 5.41) is 3.44. The molecule has 0 spiro atoms. The number of fused-ring (bicyclic) bond motifs is 1. The van der Waals surface area contributed by atoms with Crippen molar-refractivity contribution in [3.8, 4) is 11.3 Å². The molecule has 2 aromatic heterocycles. The molecule has 0 atom stereocenters. The van der Waals surface area contributed by atoms with Crippen LogP contribution in [0.4, 0.5) is 5.69 Å². The first-order chi connectivity index (χ1) is 13.3. The molecule has 1 fully saturated rings. The van der Waals surface area contributed by atoms with Gasteiger partial charge in [0.25, 0.3) is 0 Å². The molecule has 0 radical (unpaired) electrons. The van der Waals surface area contributed by atoms with Gasteiger partial charge in [-0.15, -0.1) is 23.1 Å². The summed E-state index contributed by atoms with van der Waals surface area (Å²) in [4.78, 5) is 24.5. The molecule has 4 nitrogen and oxygen atoms in total. The number of carbonyl (C=O) groups excluding carboxylic acids is 1. The fourth-order valence-electron chi connectivity index (χ4n) is 3.42. The van der Waals surface area contributed by atoms with Gasteiger partial charge in [0.05, 0.1) is 16.5 Å². The van der Waals surface area contributed by atoms with Crippen LogP contribution in [0.1, 0.15) is 29.3 Å². The summed E-state index contributed by atoms with van der Waals surface area (Å²) in [6.45, 7) is 0.763. The molecule has 1 amide bonds. The van der Waals surface area contributed by atoms with Crippen LogP contribution < -0.4 is 4.90 Å². The number of hydrogen-bond acceptors (Lipinski definition) is 5. The van der Waals surface area contributed by atoms with Crippen molar-refractivity contribution in [1.29, 1.82) is 0 Å². The Labute approximate surface area is 166 Å². The van der Waals surface area contributed by atoms with Gasteiger partial charge in [-0.3, -0.25) is 9.78 Å². The Morgan fingerprint density at radius 3 is 2.89 bits per heavy atom. The van der Waals surface area contributed by atoms with Crippen molar-refractivity contribution in [1.82, 2.24) is 9.97 Å². The monoisotopic (exact) mass is 393 g/mol. The summed E-state index contributed by atoms with van der Waals surface area (Å²) < 4.78 is 0. The fourth-order valence-corrected chi connectivity index (χ4v) is 5.18. The number of hydrogen-bond donors (Lipinski definition) is 0. The van der Waals surface area contributed by atoms with E-state index in [4.69, 9.17) is 4.98 Å². The Morgan fingerprint density at radius 1 is 1.22 bits per heavy atom. The molecular weight excluding hydrogens is 374 g/mol. The molecule has 1 aliphatic heterocycles. The van der Waals surface area contributed by atoms with E-state index in [0.29, 0.717) is 11.7 Å². The smallest absolute Gasteiger partial charge is 0.237 e. The third-order valence-electron chi connectivity index (χ3n) is 5.03. The maximum Gasteiger partial charge on any atom is 0.237 e. The fraction of sp³-hybridized carbons (Fsp3) is 0.286. The number of amides is 1. The van der Waals surface area contributed by atoms with Crippen LogP contribution in [0, 0.1) is 0 Å². The van der Waals surface area contributed by atoms with Crippen molar-refractivity contribution in [2.45, 2.75) is 30.1 Å². The van der Waals surface area contributed by atoms with Gasteiger partial charge in [0.1, 0.15) is 0 Å². The normalized spacial score (nSPS) is 15.8. The lowest BCUT2D eigenvalue weighted by Gasteiger charge is -2.17. The minimum Gasteiger partial charge on any atom is -0.311 e. The Balaban J connectivity index is 1.30. The average molecular weight is 394 g/mol. The second-order valence-corrected chi connectivity index (χ2v) is 8.89. The number of thioether (sulfide) groups is 1. The molecule has 2 aliphatic rings. The lowest BCUT2D eigenvalue weighted by atomic mass is 10.1. The summed E-state index contributed by atoms with van der Waals surface area (Å²) in [6, 6.07) is 10.3. The van der Waals surface area contributed by atoms with Crippen LogP contribution in [-0.4, -0.2) is 28.2 Å². The van der Waals surface area contributed by atoms with Crippen molar-refractivity contribution < 1.29 is 4.79 Å². The average Bonchev–Trinajstić information content (AvgIpc) is 3.28. The number of thiazole rings is 1. The largest absolute Gasteiger partial charge is 0.311 e. The van der Waals surface area contributed by atoms with Gasteiger partial charge in [0, 0.05) is 46.4 Å². The topological polar surface area (TPSA) is 46.1 Å². The van der Waals surface area contributed by atoms with E-state index in [2.05, 4.69) is 28.6 Å². The highest BCUT2D eigenvalue weighted by Crippen LogP contribution is 2.43. The first-order valence-electron chi connectivity index (χ1n) is 9.20. The highest BCUT2D eigenvalue weighted by Gasteiger charge is 2.28. The minimum absolute atomic E-state index is 0.160. The SMILES string of the molecule is O=C(CSc1ccncc1)N1CCc2cc(-c3csc(C4CC4)n3)ccc21. The van der Waals surface area contributed by atoms with E-state index in [1.54, 1.807) is 35.5 Å². The van der Waals surface area contributed by atoms with E-state index < -0.39 is 0 Å². The van der Waals surface area contributed by atoms with Crippen molar-refractivity contribution in [3.63, 3.8) is 0 Å². The van der Waals surface area contributed by atoms with Gasteiger partial charge in [-0.2, -0.15) is 0 Å². The maximum absolute atomic E-state index is 12.7. The third-order valence-corrected chi connectivity index (χ3v) is 7.04. The Hall–Kier alpha value is -2.18. The van der Waals surface area contributed by atoms with Crippen LogP contribution >= 0.6 is 23.1 Å². The molecule has 6 heteroatoms. The summed E-state index contributed by atoms with van der Waals surface area (Å²) in [5.74, 6) is 1.30. The first kappa shape index (κ1) is 17.0. The molecule has 3 aromatic rings. The van der Waals surface area contributed by atoms with E-state index in [-0.39, 0.29) is 5.91 Å². The Bertz CT molecular complexity index is 982. The van der Waals surface area contributed by atoms with Gasteiger partial charge < -0.3 is 4.90 Å². The van der Waals surface area contributed by atoms with Crippen LogP contribution in [-0.2, 0) is 11.2 Å². The van der Waals surface area contributed by atoms with Gasteiger partial charge in [-0.1, -0.05) is 6.07 Å². The standard InChI is InChI=1S/C21H19N3OS2/c25-20(13-26-17-5-8-22-9-6-17)24-10-7-16-11-15(3-4-19(16)24)18-12-27-21(23-18)14-1-2-14/h3-6,8-9,11-12,14H,1-2,7,10,13H2. The summed E-state index contributed by atoms with van der Waals surface area (Å²) in [6.07, 6.45) is 6.99. The highest BCUT2D eigenvalue weighted by atomic mass is 32.2. The second-order valence-electron chi connectivity index (χ2n) is 6.96. The maximum atomic E-state index is 12.7. The van der Waals surface area contributed by atoms with E-state index in [1.807, 2.05) is 17.0 Å². The number of aromatic nitrogens is 2. The predicted octanol–water partition coefficient (Wildman–Crippen LogP) is 4.76. The number of anilines is 1. The van der Waals surface area contributed by atoms with E-state index in [0.717, 1.165) is 34.8 Å². The van der Waals surface area contributed by atoms with E-state index >= 15 is 0 Å². The zero-order valence-corrected chi connectivity index (χ0v) is 16.4. The van der Waals surface area contributed by atoms with Crippen LogP contribution in [0.5, 0.6) is 0 Å². The number of nitrogens with zero attached hydrogens (tertiary/aromatic N) is 3. The molecule has 0 unspecified atom stereocenters. The summed E-state index contributed by atoms with van der Waals surface area (Å²) in [5.41, 5.74) is 4.53. The molecule has 136 valence electrons.